The summed E-state index contributed by atoms with van der Waals surface area (Å²) >= 11 is 0. The molecule has 0 unspecified atom stereocenters. The maximum Gasteiger partial charge on any atom is 0.237 e. The predicted molar refractivity (Wildman–Crippen MR) is 87.3 cm³/mol. The van der Waals surface area contributed by atoms with Crippen LogP contribution in [-0.4, -0.2) is 5.71 Å². The highest BCUT2D eigenvalue weighted by Crippen LogP contribution is 2.31. The number of hydrogen-bond donors (Lipinski definition) is 1. The van der Waals surface area contributed by atoms with Gasteiger partial charge in [-0.25, -0.2) is 0 Å². The van der Waals surface area contributed by atoms with Crippen LogP contribution in [0.5, 0.6) is 0 Å². The molecule has 108 valence electrons. The Labute approximate surface area is 130 Å². The molecule has 2 rings (SSSR count). The van der Waals surface area contributed by atoms with Gasteiger partial charge in [-0.05, 0) is 23.3 Å². The van der Waals surface area contributed by atoms with E-state index in [2.05, 4.69) is 36.5 Å². The van der Waals surface area contributed by atoms with Crippen LogP contribution >= 0.6 is 0 Å². The van der Waals surface area contributed by atoms with Crippen LogP contribution in [0.15, 0.2) is 59.7 Å². The molecule has 0 aliphatic heterocycles. The molecular formula is C18H16N4. The molecule has 4 heteroatoms. The SMILES string of the molecule is CC(C)(c1ccccc1)c1ccc(NN=C(C#N)C#N)cc1. The third-order valence-corrected chi connectivity index (χ3v) is 3.61. The molecule has 0 atom stereocenters. The number of nitrogens with zero attached hydrogens (tertiary/aromatic N) is 3. The Morgan fingerprint density at radius 1 is 0.909 bits per heavy atom. The molecule has 1 N–H and O–H groups in total. The van der Waals surface area contributed by atoms with Crippen molar-refractivity contribution in [1.82, 2.24) is 0 Å². The Hall–Kier alpha value is -3.11. The fraction of sp³-hybridized carbons (Fsp3) is 0.167. The van der Waals surface area contributed by atoms with E-state index in [4.69, 9.17) is 10.5 Å². The molecule has 4 nitrogen and oxygen atoms in total. The molecule has 0 aliphatic carbocycles. The fourth-order valence-corrected chi connectivity index (χ4v) is 2.18. The highest BCUT2D eigenvalue weighted by molar-refractivity contribution is 6.10. The van der Waals surface area contributed by atoms with E-state index in [1.807, 2.05) is 42.5 Å². The average Bonchev–Trinajstić information content (AvgIpc) is 2.57. The van der Waals surface area contributed by atoms with Gasteiger partial charge in [-0.1, -0.05) is 56.3 Å². The molecule has 0 amide bonds. The van der Waals surface area contributed by atoms with Crippen LogP contribution in [0.25, 0.3) is 0 Å². The van der Waals surface area contributed by atoms with E-state index in [1.54, 1.807) is 12.1 Å². The minimum Gasteiger partial charge on any atom is -0.277 e. The summed E-state index contributed by atoms with van der Waals surface area (Å²) in [5.74, 6) is 0. The molecule has 0 saturated carbocycles. The maximum absolute atomic E-state index is 8.64. The van der Waals surface area contributed by atoms with Gasteiger partial charge in [0.1, 0.15) is 12.1 Å². The zero-order chi connectivity index (χ0) is 16.0. The molecule has 0 aromatic heterocycles. The van der Waals surface area contributed by atoms with Crippen molar-refractivity contribution >= 4 is 11.4 Å². The molecular weight excluding hydrogens is 272 g/mol. The third-order valence-electron chi connectivity index (χ3n) is 3.61. The largest absolute Gasteiger partial charge is 0.277 e. The summed E-state index contributed by atoms with van der Waals surface area (Å²) in [6.45, 7) is 4.35. The summed E-state index contributed by atoms with van der Waals surface area (Å²) < 4.78 is 0. The van der Waals surface area contributed by atoms with Gasteiger partial charge in [-0.2, -0.15) is 15.6 Å². The van der Waals surface area contributed by atoms with Crippen LogP contribution in [0.1, 0.15) is 25.0 Å². The van der Waals surface area contributed by atoms with E-state index < -0.39 is 0 Å². The quantitative estimate of drug-likeness (QED) is 0.686. The van der Waals surface area contributed by atoms with Crippen molar-refractivity contribution in [3.05, 3.63) is 65.7 Å². The standard InChI is InChI=1S/C18H16N4/c1-18(2,14-6-4-3-5-7-14)15-8-10-16(11-9-15)21-22-17(12-19)13-20/h3-11,21H,1-2H3. The number of nitriles is 2. The molecule has 2 aromatic carbocycles. The highest BCUT2D eigenvalue weighted by atomic mass is 15.3. The minimum absolute atomic E-state index is 0.104. The van der Waals surface area contributed by atoms with Gasteiger partial charge in [0.25, 0.3) is 0 Å². The molecule has 0 saturated heterocycles. The molecule has 0 spiro atoms. The van der Waals surface area contributed by atoms with Crippen LogP contribution in [0.4, 0.5) is 5.69 Å². The molecule has 0 aliphatic rings. The first-order chi connectivity index (χ1) is 10.6. The van der Waals surface area contributed by atoms with Crippen molar-refractivity contribution in [1.29, 1.82) is 10.5 Å². The summed E-state index contributed by atoms with van der Waals surface area (Å²) in [5, 5.41) is 21.0. The lowest BCUT2D eigenvalue weighted by Crippen LogP contribution is -2.18. The van der Waals surface area contributed by atoms with Crippen molar-refractivity contribution < 1.29 is 0 Å². The summed E-state index contributed by atoms with van der Waals surface area (Å²) in [4.78, 5) is 0. The van der Waals surface area contributed by atoms with Crippen LogP contribution in [-0.2, 0) is 5.41 Å². The van der Waals surface area contributed by atoms with Gasteiger partial charge in [0.15, 0.2) is 0 Å². The topological polar surface area (TPSA) is 72.0 Å². The van der Waals surface area contributed by atoms with Gasteiger partial charge in [0.05, 0.1) is 5.69 Å². The Kier molecular flexibility index (Phi) is 4.56. The second-order valence-corrected chi connectivity index (χ2v) is 5.36. The highest BCUT2D eigenvalue weighted by Gasteiger charge is 2.22. The van der Waals surface area contributed by atoms with Crippen molar-refractivity contribution in [3.8, 4) is 12.1 Å². The fourth-order valence-electron chi connectivity index (χ4n) is 2.18. The van der Waals surface area contributed by atoms with Crippen LogP contribution in [0.2, 0.25) is 0 Å². The predicted octanol–water partition coefficient (Wildman–Crippen LogP) is 3.83. The second-order valence-electron chi connectivity index (χ2n) is 5.36. The van der Waals surface area contributed by atoms with E-state index in [0.717, 1.165) is 5.69 Å². The summed E-state index contributed by atoms with van der Waals surface area (Å²) in [7, 11) is 0. The number of nitrogens with one attached hydrogen (secondary N) is 1. The number of hydrogen-bond acceptors (Lipinski definition) is 4. The van der Waals surface area contributed by atoms with E-state index in [1.165, 1.54) is 11.1 Å². The Bertz CT molecular complexity index is 728. The van der Waals surface area contributed by atoms with Crippen LogP contribution in [0, 0.1) is 22.7 Å². The zero-order valence-electron chi connectivity index (χ0n) is 12.5. The zero-order valence-corrected chi connectivity index (χ0v) is 12.5. The average molecular weight is 288 g/mol. The molecule has 22 heavy (non-hydrogen) atoms. The van der Waals surface area contributed by atoms with E-state index in [0.29, 0.717) is 0 Å². The van der Waals surface area contributed by atoms with Gasteiger partial charge in [0.2, 0.25) is 5.71 Å². The molecule has 0 fully saturated rings. The minimum atomic E-state index is -0.200. The van der Waals surface area contributed by atoms with Gasteiger partial charge < -0.3 is 0 Å². The van der Waals surface area contributed by atoms with Crippen LogP contribution in [0.3, 0.4) is 0 Å². The van der Waals surface area contributed by atoms with E-state index in [-0.39, 0.29) is 11.1 Å². The maximum atomic E-state index is 8.64. The monoisotopic (exact) mass is 288 g/mol. The van der Waals surface area contributed by atoms with Crippen molar-refractivity contribution in [3.63, 3.8) is 0 Å². The third kappa shape index (κ3) is 3.31. The summed E-state index contributed by atoms with van der Waals surface area (Å²) in [6, 6.07) is 21.5. The van der Waals surface area contributed by atoms with E-state index >= 15 is 0 Å². The van der Waals surface area contributed by atoms with Gasteiger partial charge in [-0.15, -0.1) is 0 Å². The Morgan fingerprint density at radius 3 is 2.00 bits per heavy atom. The van der Waals surface area contributed by atoms with Gasteiger partial charge >= 0.3 is 0 Å². The summed E-state index contributed by atoms with van der Waals surface area (Å²) in [5.41, 5.74) is 5.55. The Morgan fingerprint density at radius 2 is 1.45 bits per heavy atom. The van der Waals surface area contributed by atoms with Crippen molar-refractivity contribution in [2.75, 3.05) is 5.43 Å². The Balaban J connectivity index is 2.21. The number of benzene rings is 2. The molecule has 0 heterocycles. The lowest BCUT2D eigenvalue weighted by atomic mass is 9.78. The first-order valence-electron chi connectivity index (χ1n) is 6.88. The first kappa shape index (κ1) is 15.3. The smallest absolute Gasteiger partial charge is 0.237 e. The first-order valence-corrected chi connectivity index (χ1v) is 6.88. The van der Waals surface area contributed by atoms with E-state index in [9.17, 15) is 0 Å². The number of rotatable bonds is 4. The van der Waals surface area contributed by atoms with Gasteiger partial charge in [-0.3, -0.25) is 5.43 Å². The lowest BCUT2D eigenvalue weighted by molar-refractivity contribution is 0.641. The second kappa shape index (κ2) is 6.56. The molecule has 2 aromatic rings. The molecule has 0 radical (unpaired) electrons. The van der Waals surface area contributed by atoms with Crippen molar-refractivity contribution in [2.24, 2.45) is 5.10 Å². The van der Waals surface area contributed by atoms with Gasteiger partial charge in [0, 0.05) is 5.41 Å². The number of anilines is 1. The summed E-state index contributed by atoms with van der Waals surface area (Å²) in [6.07, 6.45) is 0. The number of hydrazone groups is 1. The normalized spacial score (nSPS) is 10.2. The lowest BCUT2D eigenvalue weighted by Gasteiger charge is -2.26. The van der Waals surface area contributed by atoms with Crippen LogP contribution < -0.4 is 5.43 Å². The molecule has 0 bridgehead atoms. The van der Waals surface area contributed by atoms with Crippen molar-refractivity contribution in [2.45, 2.75) is 19.3 Å².